The van der Waals surface area contributed by atoms with E-state index in [-0.39, 0.29) is 5.82 Å². The van der Waals surface area contributed by atoms with Gasteiger partial charge in [-0.05, 0) is 13.0 Å². The molecule has 1 atom stereocenters. The summed E-state index contributed by atoms with van der Waals surface area (Å²) in [5, 5.41) is 8.52. The molecule has 120 valence electrons. The van der Waals surface area contributed by atoms with Crippen LogP contribution in [0.1, 0.15) is 23.2 Å². The van der Waals surface area contributed by atoms with Crippen LogP contribution in [0.3, 0.4) is 0 Å². The topological polar surface area (TPSA) is 78.9 Å². The Morgan fingerprint density at radius 3 is 2.27 bits per heavy atom. The second kappa shape index (κ2) is 4.93. The average Bonchev–Trinajstić information content (AvgIpc) is 2.34. The number of nitrogens with zero attached hydrogens (tertiary/aromatic N) is 2. The molecule has 2 rings (SSSR count). The molecule has 0 aliphatic heterocycles. The summed E-state index contributed by atoms with van der Waals surface area (Å²) < 4.78 is 76.2. The van der Waals surface area contributed by atoms with Gasteiger partial charge in [-0.2, -0.15) is 26.3 Å². The Labute approximate surface area is 117 Å². The molecule has 2 N–H and O–H groups in total. The van der Waals surface area contributed by atoms with Crippen LogP contribution in [0.4, 0.5) is 26.3 Å². The lowest BCUT2D eigenvalue weighted by atomic mass is 10.0. The molecule has 0 bridgehead atoms. The molecular weight excluding hydrogens is 320 g/mol. The highest BCUT2D eigenvalue weighted by Crippen LogP contribution is 2.40. The van der Waals surface area contributed by atoms with E-state index in [1.165, 1.54) is 6.92 Å². The van der Waals surface area contributed by atoms with Crippen LogP contribution in [-0.4, -0.2) is 26.2 Å². The number of nitrogens with one attached hydrogen (secondary N) is 1. The first kappa shape index (κ1) is 16.2. The number of fused-ring (bicyclic) bond motifs is 1. The molecule has 2 aromatic heterocycles. The summed E-state index contributed by atoms with van der Waals surface area (Å²) in [7, 11) is 0. The van der Waals surface area contributed by atoms with Crippen molar-refractivity contribution >= 4 is 11.0 Å². The number of aliphatic hydroxyl groups is 1. The quantitative estimate of drug-likeness (QED) is 0.788. The maximum atomic E-state index is 12.9. The standard InChI is InChI=1S/C11H7F6N3O2/c1-3-18-8-5(9(22)19-3)2-4(7(21)11(15,16)17)6(20-8)10(12,13)14/h2,7,21H,1H3,(H,18,19,20,22). The van der Waals surface area contributed by atoms with Crippen molar-refractivity contribution in [2.75, 3.05) is 0 Å². The molecule has 0 spiro atoms. The van der Waals surface area contributed by atoms with Gasteiger partial charge in [0.2, 0.25) is 0 Å². The summed E-state index contributed by atoms with van der Waals surface area (Å²) >= 11 is 0. The zero-order valence-corrected chi connectivity index (χ0v) is 10.7. The van der Waals surface area contributed by atoms with Gasteiger partial charge in [0.15, 0.2) is 17.4 Å². The Morgan fingerprint density at radius 1 is 1.18 bits per heavy atom. The minimum Gasteiger partial charge on any atom is -0.379 e. The molecule has 0 aromatic carbocycles. The number of aromatic amines is 1. The predicted molar refractivity (Wildman–Crippen MR) is 60.9 cm³/mol. The van der Waals surface area contributed by atoms with E-state index >= 15 is 0 Å². The number of pyridine rings is 1. The third-order valence-corrected chi connectivity index (χ3v) is 2.72. The van der Waals surface area contributed by atoms with Gasteiger partial charge in [0.1, 0.15) is 5.82 Å². The fourth-order valence-electron chi connectivity index (χ4n) is 1.80. The van der Waals surface area contributed by atoms with Crippen LogP contribution in [-0.2, 0) is 6.18 Å². The number of hydrogen-bond acceptors (Lipinski definition) is 4. The summed E-state index contributed by atoms with van der Waals surface area (Å²) in [4.78, 5) is 20.3. The van der Waals surface area contributed by atoms with Crippen LogP contribution < -0.4 is 5.56 Å². The fraction of sp³-hybridized carbons (Fsp3) is 0.364. The molecule has 5 nitrogen and oxygen atoms in total. The number of aliphatic hydroxyl groups excluding tert-OH is 1. The maximum Gasteiger partial charge on any atom is 0.433 e. The fourth-order valence-corrected chi connectivity index (χ4v) is 1.80. The van der Waals surface area contributed by atoms with Crippen LogP contribution in [0.15, 0.2) is 10.9 Å². The minimum atomic E-state index is -5.35. The van der Waals surface area contributed by atoms with Crippen molar-refractivity contribution in [1.29, 1.82) is 0 Å². The van der Waals surface area contributed by atoms with Crippen molar-refractivity contribution in [3.05, 3.63) is 33.5 Å². The Kier molecular flexibility index (Phi) is 3.63. The van der Waals surface area contributed by atoms with E-state index in [0.29, 0.717) is 6.07 Å². The van der Waals surface area contributed by atoms with Crippen molar-refractivity contribution in [1.82, 2.24) is 15.0 Å². The van der Waals surface area contributed by atoms with E-state index in [9.17, 15) is 31.1 Å². The number of H-pyrrole nitrogens is 1. The van der Waals surface area contributed by atoms with Crippen LogP contribution >= 0.6 is 0 Å². The van der Waals surface area contributed by atoms with Crippen LogP contribution in [0, 0.1) is 6.92 Å². The molecule has 0 aliphatic carbocycles. The van der Waals surface area contributed by atoms with Gasteiger partial charge in [-0.15, -0.1) is 0 Å². The largest absolute Gasteiger partial charge is 0.433 e. The maximum absolute atomic E-state index is 12.9. The lowest BCUT2D eigenvalue weighted by Crippen LogP contribution is -2.25. The Balaban J connectivity index is 2.86. The highest BCUT2D eigenvalue weighted by Gasteiger charge is 2.46. The minimum absolute atomic E-state index is 0.0535. The summed E-state index contributed by atoms with van der Waals surface area (Å²) in [6, 6.07) is 0.300. The Morgan fingerprint density at radius 2 is 1.77 bits per heavy atom. The van der Waals surface area contributed by atoms with E-state index in [1.807, 2.05) is 0 Å². The van der Waals surface area contributed by atoms with Crippen molar-refractivity contribution in [2.45, 2.75) is 25.4 Å². The number of aryl methyl sites for hydroxylation is 1. The number of hydrogen-bond donors (Lipinski definition) is 2. The number of aromatic nitrogens is 3. The summed E-state index contributed by atoms with van der Waals surface area (Å²) in [5.74, 6) is -0.0535. The predicted octanol–water partition coefficient (Wildman–Crippen LogP) is 2.24. The van der Waals surface area contributed by atoms with Crippen LogP contribution in [0.5, 0.6) is 0 Å². The normalized spacial score (nSPS) is 14.4. The molecule has 2 aromatic rings. The van der Waals surface area contributed by atoms with Crippen molar-refractivity contribution in [2.24, 2.45) is 0 Å². The second-order valence-corrected chi connectivity index (χ2v) is 4.39. The van der Waals surface area contributed by atoms with Gasteiger partial charge in [0.05, 0.1) is 5.39 Å². The van der Waals surface area contributed by atoms with Crippen LogP contribution in [0.25, 0.3) is 11.0 Å². The van der Waals surface area contributed by atoms with E-state index in [1.54, 1.807) is 0 Å². The van der Waals surface area contributed by atoms with Gasteiger partial charge in [0, 0.05) is 5.56 Å². The highest BCUT2D eigenvalue weighted by molar-refractivity contribution is 5.75. The zero-order chi connectivity index (χ0) is 16.9. The molecule has 0 fully saturated rings. The van der Waals surface area contributed by atoms with E-state index in [4.69, 9.17) is 5.11 Å². The van der Waals surface area contributed by atoms with Crippen molar-refractivity contribution in [3.63, 3.8) is 0 Å². The smallest absolute Gasteiger partial charge is 0.379 e. The van der Waals surface area contributed by atoms with Crippen molar-refractivity contribution < 1.29 is 31.4 Å². The molecule has 0 radical (unpaired) electrons. The van der Waals surface area contributed by atoms with Crippen LogP contribution in [0.2, 0.25) is 0 Å². The molecule has 0 amide bonds. The highest BCUT2D eigenvalue weighted by atomic mass is 19.4. The SMILES string of the molecule is Cc1nc2nc(C(F)(F)F)c(C(O)C(F)(F)F)cc2c(=O)[nH]1. The second-order valence-electron chi connectivity index (χ2n) is 4.39. The van der Waals surface area contributed by atoms with E-state index in [0.717, 1.165) is 0 Å². The summed E-state index contributed by atoms with van der Waals surface area (Å²) in [6.45, 7) is 1.27. The lowest BCUT2D eigenvalue weighted by Gasteiger charge is -2.19. The first-order chi connectivity index (χ1) is 9.91. The zero-order valence-electron chi connectivity index (χ0n) is 10.7. The molecule has 2 heterocycles. The molecule has 1 unspecified atom stereocenters. The average molecular weight is 327 g/mol. The summed E-state index contributed by atoms with van der Waals surface area (Å²) in [5.41, 5.74) is -5.11. The Bertz CT molecular complexity index is 780. The number of alkyl halides is 6. The molecule has 0 aliphatic rings. The molecular formula is C11H7F6N3O2. The third-order valence-electron chi connectivity index (χ3n) is 2.72. The van der Waals surface area contributed by atoms with Gasteiger partial charge in [0.25, 0.3) is 5.56 Å². The molecule has 0 saturated heterocycles. The third kappa shape index (κ3) is 2.89. The lowest BCUT2D eigenvalue weighted by molar-refractivity contribution is -0.209. The van der Waals surface area contributed by atoms with E-state index in [2.05, 4.69) is 15.0 Å². The Hall–Kier alpha value is -2.17. The van der Waals surface area contributed by atoms with Gasteiger partial charge >= 0.3 is 12.4 Å². The van der Waals surface area contributed by atoms with Crippen molar-refractivity contribution in [3.8, 4) is 0 Å². The molecule has 22 heavy (non-hydrogen) atoms. The van der Waals surface area contributed by atoms with Gasteiger partial charge in [-0.3, -0.25) is 4.79 Å². The van der Waals surface area contributed by atoms with Gasteiger partial charge < -0.3 is 10.1 Å². The van der Waals surface area contributed by atoms with Gasteiger partial charge in [-0.1, -0.05) is 0 Å². The summed E-state index contributed by atoms with van der Waals surface area (Å²) in [6.07, 6.45) is -14.0. The van der Waals surface area contributed by atoms with Gasteiger partial charge in [-0.25, -0.2) is 9.97 Å². The first-order valence-electron chi connectivity index (χ1n) is 5.65. The van der Waals surface area contributed by atoms with E-state index < -0.39 is 46.3 Å². The first-order valence-corrected chi connectivity index (χ1v) is 5.65. The number of halogens is 6. The monoisotopic (exact) mass is 327 g/mol. The number of rotatable bonds is 1. The molecule has 0 saturated carbocycles. The molecule has 11 heteroatoms.